The van der Waals surface area contributed by atoms with Gasteiger partial charge in [-0.1, -0.05) is 52.5 Å². The van der Waals surface area contributed by atoms with Gasteiger partial charge < -0.3 is 10.1 Å². The van der Waals surface area contributed by atoms with Crippen molar-refractivity contribution in [3.63, 3.8) is 0 Å². The fraction of sp³-hybridized carbons (Fsp3) is 0.100. The summed E-state index contributed by atoms with van der Waals surface area (Å²) in [6.07, 6.45) is 0. The summed E-state index contributed by atoms with van der Waals surface area (Å²) in [5.41, 5.74) is 2.22. The van der Waals surface area contributed by atoms with Crippen LogP contribution in [0.1, 0.15) is 11.1 Å². The Morgan fingerprint density at radius 1 is 0.852 bits per heavy atom. The Hall–Kier alpha value is -1.65. The van der Waals surface area contributed by atoms with Crippen molar-refractivity contribution in [3.05, 3.63) is 91.6 Å². The number of ether oxygens (including phenoxy) is 1. The number of anilines is 1. The highest BCUT2D eigenvalue weighted by molar-refractivity contribution is 6.36. The summed E-state index contributed by atoms with van der Waals surface area (Å²) < 4.78 is 19.2. The Morgan fingerprint density at radius 2 is 1.59 bits per heavy atom. The molecule has 0 fully saturated rings. The van der Waals surface area contributed by atoms with Crippen LogP contribution in [0.5, 0.6) is 5.75 Å². The van der Waals surface area contributed by atoms with E-state index in [1.54, 1.807) is 42.5 Å². The van der Waals surface area contributed by atoms with E-state index in [-0.39, 0.29) is 11.6 Å². The third kappa shape index (κ3) is 5.20. The number of hydrogen-bond acceptors (Lipinski definition) is 2. The smallest absolute Gasteiger partial charge is 0.141 e. The number of rotatable bonds is 6. The van der Waals surface area contributed by atoms with E-state index in [2.05, 4.69) is 5.32 Å². The van der Waals surface area contributed by atoms with Gasteiger partial charge in [0, 0.05) is 38.4 Å². The zero-order valence-electron chi connectivity index (χ0n) is 13.9. The standard InChI is InChI=1S/C20H14Cl4FNO/c21-13-4-7-20(27-11-15-16(22)2-1-3-17(15)23)12(8-13)10-26-14-5-6-19(25)18(24)9-14/h1-9,26H,10-11H2. The maximum Gasteiger partial charge on any atom is 0.141 e. The molecule has 27 heavy (non-hydrogen) atoms. The number of benzene rings is 3. The molecule has 0 aliphatic carbocycles. The van der Waals surface area contributed by atoms with E-state index < -0.39 is 5.82 Å². The van der Waals surface area contributed by atoms with E-state index in [0.717, 1.165) is 5.56 Å². The number of nitrogens with one attached hydrogen (secondary N) is 1. The molecule has 3 aromatic carbocycles. The molecule has 0 bridgehead atoms. The molecule has 1 N–H and O–H groups in total. The van der Waals surface area contributed by atoms with Gasteiger partial charge in [0.25, 0.3) is 0 Å². The Balaban J connectivity index is 1.75. The molecule has 0 amide bonds. The van der Waals surface area contributed by atoms with Crippen molar-refractivity contribution >= 4 is 52.1 Å². The minimum absolute atomic E-state index is 0.0518. The van der Waals surface area contributed by atoms with Gasteiger partial charge >= 0.3 is 0 Å². The van der Waals surface area contributed by atoms with Crippen LogP contribution in [-0.4, -0.2) is 0 Å². The first kappa shape index (κ1) is 20.1. The topological polar surface area (TPSA) is 21.3 Å². The van der Waals surface area contributed by atoms with Gasteiger partial charge in [-0.3, -0.25) is 0 Å². The maximum absolute atomic E-state index is 13.3. The van der Waals surface area contributed by atoms with Crippen molar-refractivity contribution in [2.75, 3.05) is 5.32 Å². The predicted octanol–water partition coefficient (Wildman–Crippen LogP) is 7.63. The van der Waals surface area contributed by atoms with Gasteiger partial charge in [-0.15, -0.1) is 0 Å². The highest BCUT2D eigenvalue weighted by Gasteiger charge is 2.10. The quantitative estimate of drug-likeness (QED) is 0.421. The number of hydrogen-bond donors (Lipinski definition) is 1. The van der Waals surface area contributed by atoms with Crippen LogP contribution in [-0.2, 0) is 13.2 Å². The Bertz CT molecular complexity index is 944. The number of halogens is 5. The molecule has 140 valence electrons. The van der Waals surface area contributed by atoms with E-state index in [9.17, 15) is 4.39 Å². The van der Waals surface area contributed by atoms with E-state index in [0.29, 0.717) is 38.6 Å². The molecule has 0 radical (unpaired) electrons. The lowest BCUT2D eigenvalue weighted by Crippen LogP contribution is -2.04. The van der Waals surface area contributed by atoms with Crippen molar-refractivity contribution in [2.45, 2.75) is 13.2 Å². The zero-order chi connectivity index (χ0) is 19.4. The molecule has 0 aromatic heterocycles. The summed E-state index contributed by atoms with van der Waals surface area (Å²) in [5, 5.41) is 4.88. The first-order chi connectivity index (χ1) is 12.9. The van der Waals surface area contributed by atoms with E-state index in [1.807, 2.05) is 0 Å². The van der Waals surface area contributed by atoms with E-state index in [1.165, 1.54) is 12.1 Å². The highest BCUT2D eigenvalue weighted by Crippen LogP contribution is 2.29. The average Bonchev–Trinajstić information content (AvgIpc) is 2.63. The Morgan fingerprint density at radius 3 is 2.30 bits per heavy atom. The molecule has 7 heteroatoms. The third-order valence-corrected chi connectivity index (χ3v) is 5.09. The van der Waals surface area contributed by atoms with E-state index in [4.69, 9.17) is 51.1 Å². The molecule has 0 aliphatic heterocycles. The lowest BCUT2D eigenvalue weighted by Gasteiger charge is -2.15. The second-order valence-corrected chi connectivity index (χ2v) is 7.38. The lowest BCUT2D eigenvalue weighted by atomic mass is 10.2. The summed E-state index contributed by atoms with van der Waals surface area (Å²) in [6.45, 7) is 0.629. The summed E-state index contributed by atoms with van der Waals surface area (Å²) in [6, 6.07) is 15.0. The van der Waals surface area contributed by atoms with Crippen LogP contribution < -0.4 is 10.1 Å². The van der Waals surface area contributed by atoms with Crippen molar-refractivity contribution in [3.8, 4) is 5.75 Å². The van der Waals surface area contributed by atoms with Gasteiger partial charge in [0.15, 0.2) is 0 Å². The van der Waals surface area contributed by atoms with Crippen LogP contribution in [0, 0.1) is 5.82 Å². The fourth-order valence-electron chi connectivity index (χ4n) is 2.45. The molecular weight excluding hydrogens is 431 g/mol. The SMILES string of the molecule is Fc1ccc(NCc2cc(Cl)ccc2OCc2c(Cl)cccc2Cl)cc1Cl. The van der Waals surface area contributed by atoms with Gasteiger partial charge in [0.2, 0.25) is 0 Å². The van der Waals surface area contributed by atoms with Crippen LogP contribution in [0.15, 0.2) is 54.6 Å². The summed E-state index contributed by atoms with van der Waals surface area (Å²) in [5.74, 6) is 0.168. The molecular formula is C20H14Cl4FNO. The van der Waals surface area contributed by atoms with Crippen LogP contribution in [0.25, 0.3) is 0 Å². The average molecular weight is 445 g/mol. The second-order valence-electron chi connectivity index (χ2n) is 5.72. The molecule has 0 unspecified atom stereocenters. The van der Waals surface area contributed by atoms with Crippen molar-refractivity contribution in [2.24, 2.45) is 0 Å². The van der Waals surface area contributed by atoms with Crippen LogP contribution in [0.3, 0.4) is 0 Å². The van der Waals surface area contributed by atoms with Crippen LogP contribution in [0.4, 0.5) is 10.1 Å². The largest absolute Gasteiger partial charge is 0.488 e. The fourth-order valence-corrected chi connectivity index (χ4v) is 3.33. The molecule has 0 saturated heterocycles. The van der Waals surface area contributed by atoms with Crippen molar-refractivity contribution in [1.82, 2.24) is 0 Å². The Kier molecular flexibility index (Phi) is 6.72. The molecule has 3 aromatic rings. The van der Waals surface area contributed by atoms with Crippen LogP contribution in [0.2, 0.25) is 20.1 Å². The molecule has 0 aliphatic rings. The minimum Gasteiger partial charge on any atom is -0.488 e. The molecule has 3 rings (SSSR count). The summed E-state index contributed by atoms with van der Waals surface area (Å²) in [7, 11) is 0. The first-order valence-electron chi connectivity index (χ1n) is 7.97. The Labute approximate surface area is 176 Å². The normalized spacial score (nSPS) is 10.7. The predicted molar refractivity (Wildman–Crippen MR) is 111 cm³/mol. The van der Waals surface area contributed by atoms with Gasteiger partial charge in [0.05, 0.1) is 5.02 Å². The second kappa shape index (κ2) is 9.03. The molecule has 0 spiro atoms. The van der Waals surface area contributed by atoms with Gasteiger partial charge in [0.1, 0.15) is 18.2 Å². The monoisotopic (exact) mass is 443 g/mol. The molecule has 0 heterocycles. The van der Waals surface area contributed by atoms with Gasteiger partial charge in [-0.25, -0.2) is 4.39 Å². The summed E-state index contributed by atoms with van der Waals surface area (Å²) >= 11 is 24.3. The third-order valence-electron chi connectivity index (χ3n) is 3.86. The minimum atomic E-state index is -0.467. The molecule has 2 nitrogen and oxygen atoms in total. The zero-order valence-corrected chi connectivity index (χ0v) is 16.9. The van der Waals surface area contributed by atoms with Crippen molar-refractivity contribution < 1.29 is 9.13 Å². The van der Waals surface area contributed by atoms with Crippen LogP contribution >= 0.6 is 46.4 Å². The maximum atomic E-state index is 13.3. The summed E-state index contributed by atoms with van der Waals surface area (Å²) in [4.78, 5) is 0. The van der Waals surface area contributed by atoms with Crippen molar-refractivity contribution in [1.29, 1.82) is 0 Å². The lowest BCUT2D eigenvalue weighted by molar-refractivity contribution is 0.303. The van der Waals surface area contributed by atoms with Gasteiger partial charge in [-0.2, -0.15) is 0 Å². The molecule has 0 atom stereocenters. The van der Waals surface area contributed by atoms with E-state index >= 15 is 0 Å². The van der Waals surface area contributed by atoms with Gasteiger partial charge in [-0.05, 0) is 48.5 Å². The first-order valence-corrected chi connectivity index (χ1v) is 9.48. The molecule has 0 saturated carbocycles. The highest BCUT2D eigenvalue weighted by atomic mass is 35.5.